The summed E-state index contributed by atoms with van der Waals surface area (Å²) in [7, 11) is 0. The number of aliphatic hydroxyl groups is 1. The zero-order valence-corrected chi connectivity index (χ0v) is 23.9. The molecule has 9 heteroatoms. The number of aromatic nitrogens is 3. The molecule has 3 aliphatic rings. The van der Waals surface area contributed by atoms with Gasteiger partial charge in [0, 0.05) is 49.2 Å². The molecule has 6 rings (SSSR count). The van der Waals surface area contributed by atoms with E-state index in [1.807, 2.05) is 31.3 Å². The fraction of sp³-hybridized carbons (Fsp3) is 0.469. The van der Waals surface area contributed by atoms with Crippen molar-refractivity contribution in [1.29, 1.82) is 0 Å². The van der Waals surface area contributed by atoms with Crippen LogP contribution in [0.5, 0.6) is 5.75 Å². The Kier molecular flexibility index (Phi) is 7.45. The summed E-state index contributed by atoms with van der Waals surface area (Å²) in [5, 5.41) is 29.4. The highest BCUT2D eigenvalue weighted by Crippen LogP contribution is 2.39. The number of piperazine rings is 1. The monoisotopic (exact) mass is 553 g/mol. The summed E-state index contributed by atoms with van der Waals surface area (Å²) in [6.45, 7) is 8.24. The van der Waals surface area contributed by atoms with Gasteiger partial charge < -0.3 is 25.7 Å². The van der Waals surface area contributed by atoms with Crippen LogP contribution in [0.25, 0.3) is 11.3 Å². The summed E-state index contributed by atoms with van der Waals surface area (Å²) < 4.78 is 0. The van der Waals surface area contributed by atoms with Crippen molar-refractivity contribution in [3.63, 3.8) is 0 Å². The summed E-state index contributed by atoms with van der Waals surface area (Å²) in [5.74, 6) is 7.49. The number of pyridine rings is 1. The first-order chi connectivity index (χ1) is 19.8. The lowest BCUT2D eigenvalue weighted by Gasteiger charge is -2.43. The predicted octanol–water partition coefficient (Wildman–Crippen LogP) is 3.52. The highest BCUT2D eigenvalue weighted by atomic mass is 16.3. The Bertz CT molecular complexity index is 1450. The van der Waals surface area contributed by atoms with Crippen LogP contribution in [-0.2, 0) is 0 Å². The first-order valence-electron chi connectivity index (χ1n) is 14.6. The number of phenols is 1. The molecule has 4 N–H and O–H groups in total. The third-order valence-electron chi connectivity index (χ3n) is 9.24. The molecular weight excluding hydrogens is 514 g/mol. The Hall–Kier alpha value is -3.87. The van der Waals surface area contributed by atoms with E-state index in [9.17, 15) is 10.2 Å². The van der Waals surface area contributed by atoms with Gasteiger partial charge in [-0.1, -0.05) is 25.0 Å². The second-order valence-electron chi connectivity index (χ2n) is 12.0. The Balaban J connectivity index is 1.15. The second kappa shape index (κ2) is 11.2. The standard InChI is InChI=1S/C32H39N7O2/c1-22-12-16-37(17-13-32(22,2)41)15-5-6-23-18-24(11-14-34-23)39-25-9-10-26(39)21-38(20-25)29-19-28(35-36-31(29)33)27-7-3-4-8-30(27)40/h3-4,7-8,11,14,18-19,22,25-26,40-41H,9-10,12-13,15-17,20-21H2,1-2H3,(H2,33,36). The van der Waals surface area contributed by atoms with Crippen LogP contribution in [0.1, 0.15) is 45.2 Å². The Labute approximate surface area is 242 Å². The van der Waals surface area contributed by atoms with E-state index >= 15 is 0 Å². The van der Waals surface area contributed by atoms with Crippen LogP contribution in [0.3, 0.4) is 0 Å². The van der Waals surface area contributed by atoms with Gasteiger partial charge in [0.15, 0.2) is 5.82 Å². The van der Waals surface area contributed by atoms with E-state index in [0.717, 1.165) is 68.9 Å². The number of hydrogen-bond acceptors (Lipinski definition) is 9. The number of benzene rings is 1. The molecule has 2 aromatic heterocycles. The molecule has 0 spiro atoms. The number of phenolic OH excluding ortho intramolecular Hbond substituents is 1. The third kappa shape index (κ3) is 5.67. The lowest BCUT2D eigenvalue weighted by Crippen LogP contribution is -2.54. The summed E-state index contributed by atoms with van der Waals surface area (Å²) in [5.41, 5.74) is 9.77. The molecule has 3 saturated heterocycles. The SMILES string of the molecule is CC1CCN(CC#Cc2cc(N3C4CCC3CN(c3cc(-c5ccccc5O)nnc3N)C4)ccn2)CCC1(C)O. The van der Waals surface area contributed by atoms with Gasteiger partial charge in [0.05, 0.1) is 23.5 Å². The zero-order chi connectivity index (χ0) is 28.6. The lowest BCUT2D eigenvalue weighted by molar-refractivity contribution is 0.00268. The quantitative estimate of drug-likeness (QED) is 0.418. The number of fused-ring (bicyclic) bond motifs is 2. The molecule has 0 radical (unpaired) electrons. The average Bonchev–Trinajstić information content (AvgIpc) is 3.15. The average molecular weight is 554 g/mol. The minimum absolute atomic E-state index is 0.174. The maximum absolute atomic E-state index is 10.6. The van der Waals surface area contributed by atoms with E-state index in [0.29, 0.717) is 41.6 Å². The van der Waals surface area contributed by atoms with Gasteiger partial charge in [-0.2, -0.15) is 0 Å². The molecule has 2 bridgehead atoms. The number of rotatable bonds is 4. The summed E-state index contributed by atoms with van der Waals surface area (Å²) in [6, 6.07) is 14.0. The van der Waals surface area contributed by atoms with E-state index in [1.54, 1.807) is 12.1 Å². The highest BCUT2D eigenvalue weighted by molar-refractivity contribution is 5.74. The molecule has 9 nitrogen and oxygen atoms in total. The number of para-hydroxylation sites is 1. The van der Waals surface area contributed by atoms with E-state index in [1.165, 1.54) is 0 Å². The fourth-order valence-electron chi connectivity index (χ4n) is 6.47. The van der Waals surface area contributed by atoms with Crippen molar-refractivity contribution >= 4 is 17.2 Å². The van der Waals surface area contributed by atoms with E-state index in [4.69, 9.17) is 5.73 Å². The summed E-state index contributed by atoms with van der Waals surface area (Å²) in [4.78, 5) is 11.7. The number of nitrogens with two attached hydrogens (primary N) is 1. The molecule has 3 fully saturated rings. The van der Waals surface area contributed by atoms with Crippen molar-refractivity contribution in [2.75, 3.05) is 48.3 Å². The lowest BCUT2D eigenvalue weighted by atomic mass is 9.87. The second-order valence-corrected chi connectivity index (χ2v) is 12.0. The van der Waals surface area contributed by atoms with Crippen molar-refractivity contribution in [1.82, 2.24) is 20.1 Å². The summed E-state index contributed by atoms with van der Waals surface area (Å²) >= 11 is 0. The van der Waals surface area contributed by atoms with Gasteiger partial charge in [0.2, 0.25) is 0 Å². The molecule has 41 heavy (non-hydrogen) atoms. The van der Waals surface area contributed by atoms with Crippen LogP contribution in [0.4, 0.5) is 17.2 Å². The molecule has 0 amide bonds. The van der Waals surface area contributed by atoms with Gasteiger partial charge in [0.1, 0.15) is 11.4 Å². The van der Waals surface area contributed by atoms with Crippen LogP contribution >= 0.6 is 0 Å². The maximum atomic E-state index is 10.6. The van der Waals surface area contributed by atoms with Crippen LogP contribution in [0.15, 0.2) is 48.7 Å². The molecule has 0 aliphatic carbocycles. The minimum Gasteiger partial charge on any atom is -0.507 e. The van der Waals surface area contributed by atoms with E-state index < -0.39 is 5.60 Å². The van der Waals surface area contributed by atoms with Crippen molar-refractivity contribution in [2.45, 2.75) is 57.2 Å². The normalized spacial score (nSPS) is 26.4. The molecule has 3 aromatic rings. The van der Waals surface area contributed by atoms with Crippen LogP contribution < -0.4 is 15.5 Å². The molecule has 4 unspecified atom stereocenters. The molecule has 4 atom stereocenters. The summed E-state index contributed by atoms with van der Waals surface area (Å²) in [6.07, 6.45) is 5.82. The molecule has 214 valence electrons. The highest BCUT2D eigenvalue weighted by Gasteiger charge is 2.41. The molecule has 3 aliphatic heterocycles. The predicted molar refractivity (Wildman–Crippen MR) is 162 cm³/mol. The fourth-order valence-corrected chi connectivity index (χ4v) is 6.47. The van der Waals surface area contributed by atoms with Gasteiger partial charge >= 0.3 is 0 Å². The topological polar surface area (TPSA) is 115 Å². The number of likely N-dealkylation sites (tertiary alicyclic amines) is 1. The first kappa shape index (κ1) is 27.3. The Morgan fingerprint density at radius 1 is 1.05 bits per heavy atom. The van der Waals surface area contributed by atoms with Crippen molar-refractivity contribution in [3.8, 4) is 28.8 Å². The Morgan fingerprint density at radius 2 is 1.83 bits per heavy atom. The molecule has 0 saturated carbocycles. The van der Waals surface area contributed by atoms with Gasteiger partial charge in [-0.15, -0.1) is 10.2 Å². The van der Waals surface area contributed by atoms with Crippen molar-refractivity contribution in [2.24, 2.45) is 5.92 Å². The smallest absolute Gasteiger partial charge is 0.169 e. The molecule has 5 heterocycles. The number of nitrogens with zero attached hydrogens (tertiary/aromatic N) is 6. The van der Waals surface area contributed by atoms with E-state index in [2.05, 4.69) is 60.8 Å². The van der Waals surface area contributed by atoms with Gasteiger partial charge in [0.25, 0.3) is 0 Å². The van der Waals surface area contributed by atoms with Crippen molar-refractivity contribution < 1.29 is 10.2 Å². The van der Waals surface area contributed by atoms with Crippen LogP contribution in [0.2, 0.25) is 0 Å². The largest absolute Gasteiger partial charge is 0.507 e. The van der Waals surface area contributed by atoms with Gasteiger partial charge in [-0.3, -0.25) is 4.90 Å². The van der Waals surface area contributed by atoms with Gasteiger partial charge in [-0.05, 0) is 81.3 Å². The van der Waals surface area contributed by atoms with E-state index in [-0.39, 0.29) is 5.75 Å². The van der Waals surface area contributed by atoms with Crippen molar-refractivity contribution in [3.05, 3.63) is 54.4 Å². The van der Waals surface area contributed by atoms with Crippen LogP contribution in [0, 0.1) is 17.8 Å². The molecular formula is C32H39N7O2. The van der Waals surface area contributed by atoms with Gasteiger partial charge in [-0.25, -0.2) is 4.98 Å². The minimum atomic E-state index is -0.603. The number of nitrogen functional groups attached to an aromatic ring is 1. The first-order valence-corrected chi connectivity index (χ1v) is 14.6. The number of hydrogen-bond donors (Lipinski definition) is 3. The van der Waals surface area contributed by atoms with Crippen LogP contribution in [-0.4, -0.2) is 80.7 Å². The maximum Gasteiger partial charge on any atom is 0.169 e. The third-order valence-corrected chi connectivity index (χ3v) is 9.24. The Morgan fingerprint density at radius 3 is 2.61 bits per heavy atom. The molecule has 1 aromatic carbocycles. The number of anilines is 3. The number of aromatic hydroxyl groups is 1. The zero-order valence-electron chi connectivity index (χ0n) is 23.9.